The van der Waals surface area contributed by atoms with E-state index in [4.69, 9.17) is 14.2 Å². The summed E-state index contributed by atoms with van der Waals surface area (Å²) in [6, 6.07) is 0. The van der Waals surface area contributed by atoms with E-state index in [1.54, 1.807) is 0 Å². The Labute approximate surface area is 209 Å². The zero-order valence-corrected chi connectivity index (χ0v) is 22.5. The molecular formula is C22H26B2I2O6. The van der Waals surface area contributed by atoms with Gasteiger partial charge in [-0.05, 0) is 6.42 Å². The number of rotatable bonds is 6. The van der Waals surface area contributed by atoms with E-state index < -0.39 is 46.9 Å². The molecule has 7 rings (SSSR count). The molecule has 2 radical (unpaired) electrons. The third-order valence-corrected chi connectivity index (χ3v) is 17.9. The molecule has 0 aromatic carbocycles. The molecule has 7 aliphatic rings. The molecule has 10 atom stereocenters. The van der Waals surface area contributed by atoms with Crippen LogP contribution in [0.15, 0.2) is 0 Å². The quantitative estimate of drug-likeness (QED) is 0.143. The Bertz CT molecular complexity index is 937. The fourth-order valence-electron chi connectivity index (χ4n) is 7.85. The van der Waals surface area contributed by atoms with E-state index in [0.717, 1.165) is 25.7 Å². The number of ether oxygens (including phenoxy) is 3. The van der Waals surface area contributed by atoms with Crippen molar-refractivity contribution in [3.05, 3.63) is 0 Å². The molecule has 32 heavy (non-hydrogen) atoms. The van der Waals surface area contributed by atoms with Crippen molar-refractivity contribution in [3.63, 3.8) is 0 Å². The second-order valence-electron chi connectivity index (χ2n) is 11.1. The van der Waals surface area contributed by atoms with Crippen LogP contribution in [0.4, 0.5) is 0 Å². The minimum atomic E-state index is -1.08. The van der Waals surface area contributed by atoms with Gasteiger partial charge in [-0.25, -0.2) is 0 Å². The first-order valence-corrected chi connectivity index (χ1v) is 16.6. The summed E-state index contributed by atoms with van der Waals surface area (Å²) in [5.74, 6) is -0.900. The molecule has 0 aromatic rings. The Morgan fingerprint density at radius 1 is 1.28 bits per heavy atom. The molecule has 3 saturated heterocycles. The van der Waals surface area contributed by atoms with E-state index in [1.165, 1.54) is 6.42 Å². The van der Waals surface area contributed by atoms with Gasteiger partial charge < -0.3 is 0 Å². The van der Waals surface area contributed by atoms with Gasteiger partial charge in [0, 0.05) is 0 Å². The summed E-state index contributed by atoms with van der Waals surface area (Å²) in [5.41, 5.74) is -0.375. The normalized spacial score (nSPS) is 50.1. The van der Waals surface area contributed by atoms with Crippen molar-refractivity contribution in [2.24, 2.45) is 35.5 Å². The monoisotopic (exact) mass is 662 g/mol. The molecule has 3 aliphatic heterocycles. The maximum absolute atomic E-state index is 13.6. The standard InChI is InChI=1S/C22H26B2I2O6/c1-3-21(8-9-4-5-10(21)6-9)32-18(28)14-12-7-11-13(14)17(27)30-15(11)16(12)31-19(29)20(2,25)22-23-26(22)24-22/h9-16H,3-8H2,1-2H3/t9-,10?,11?,12?,13?,14?,15?,16?,20?,21?/m0/s1. The molecule has 10 heteroatoms. The van der Waals surface area contributed by atoms with Crippen molar-refractivity contribution in [2.45, 2.75) is 76.8 Å². The second-order valence-corrected chi connectivity index (χ2v) is 18.3. The molecule has 3 heterocycles. The van der Waals surface area contributed by atoms with E-state index in [1.807, 2.05) is 6.92 Å². The number of hydrogen-bond acceptors (Lipinski definition) is 6. The van der Waals surface area contributed by atoms with Crippen LogP contribution >= 0.6 is 42.0 Å². The Morgan fingerprint density at radius 3 is 2.62 bits per heavy atom. The average molecular weight is 662 g/mol. The van der Waals surface area contributed by atoms with E-state index in [0.29, 0.717) is 18.3 Å². The fourth-order valence-corrected chi connectivity index (χ4v) is 17.2. The third kappa shape index (κ3) is 2.57. The molecule has 0 N–H and O–H groups in total. The van der Waals surface area contributed by atoms with Crippen LogP contribution in [0.2, 0.25) is 0 Å². The molecule has 0 spiro atoms. The Kier molecular flexibility index (Phi) is 4.39. The molecule has 7 fully saturated rings. The van der Waals surface area contributed by atoms with Crippen molar-refractivity contribution in [3.8, 4) is 0 Å². The number of hydrogen-bond donors (Lipinski definition) is 0. The van der Waals surface area contributed by atoms with Crippen LogP contribution in [-0.4, -0.2) is 52.6 Å². The predicted octanol–water partition coefficient (Wildman–Crippen LogP) is 2.84. The van der Waals surface area contributed by atoms with Gasteiger partial charge in [0.05, 0.1) is 0 Å². The zero-order valence-electron chi connectivity index (χ0n) is 18.2. The topological polar surface area (TPSA) is 78.9 Å². The van der Waals surface area contributed by atoms with E-state index in [9.17, 15) is 14.4 Å². The van der Waals surface area contributed by atoms with Crippen LogP contribution in [-0.2, 0) is 28.6 Å². The summed E-state index contributed by atoms with van der Waals surface area (Å²) in [4.78, 5) is 39.5. The fraction of sp³-hybridized carbons (Fsp3) is 0.864. The number of halogens is 2. The van der Waals surface area contributed by atoms with E-state index in [2.05, 4.69) is 39.8 Å². The van der Waals surface area contributed by atoms with Crippen molar-refractivity contribution < 1.29 is 28.6 Å². The number of carbonyl (C=O) groups excluding carboxylic acids is 3. The molecule has 170 valence electrons. The summed E-state index contributed by atoms with van der Waals surface area (Å²) in [5, 5.41) is 4.66. The number of fused-ring (bicyclic) bond motifs is 4. The molecule has 4 saturated carbocycles. The molecule has 4 aliphatic carbocycles. The second kappa shape index (κ2) is 6.60. The van der Waals surface area contributed by atoms with E-state index >= 15 is 0 Å². The van der Waals surface area contributed by atoms with Gasteiger partial charge in [0.25, 0.3) is 0 Å². The molecule has 4 bridgehead atoms. The maximum atomic E-state index is 13.6. The van der Waals surface area contributed by atoms with E-state index in [-0.39, 0.29) is 38.6 Å². The predicted molar refractivity (Wildman–Crippen MR) is 134 cm³/mol. The Hall–Kier alpha value is -0.000130. The van der Waals surface area contributed by atoms with Gasteiger partial charge in [-0.3, -0.25) is 0 Å². The minimum absolute atomic E-state index is 0.0225. The molecule has 9 unspecified atom stereocenters. The van der Waals surface area contributed by atoms with Crippen LogP contribution in [0.1, 0.15) is 52.4 Å². The number of alkyl halides is 2. The van der Waals surface area contributed by atoms with Crippen molar-refractivity contribution in [1.82, 2.24) is 0 Å². The van der Waals surface area contributed by atoms with Crippen LogP contribution in [0, 0.1) is 35.5 Å². The summed E-state index contributed by atoms with van der Waals surface area (Å²) >= 11 is 1.16. The van der Waals surface area contributed by atoms with Crippen LogP contribution < -0.4 is 0 Å². The number of carbonyl (C=O) groups is 3. The third-order valence-electron chi connectivity index (χ3n) is 9.80. The average Bonchev–Trinajstić information content (AvgIpc) is 3.25. The summed E-state index contributed by atoms with van der Waals surface area (Å²) in [6.07, 6.45) is 5.06. The van der Waals surface area contributed by atoms with Crippen LogP contribution in [0.3, 0.4) is 0 Å². The van der Waals surface area contributed by atoms with Gasteiger partial charge in [0.2, 0.25) is 0 Å². The van der Waals surface area contributed by atoms with Crippen molar-refractivity contribution >= 4 is 70.2 Å². The van der Waals surface area contributed by atoms with Gasteiger partial charge >= 0.3 is 205 Å². The molecule has 0 aromatic heterocycles. The van der Waals surface area contributed by atoms with Crippen molar-refractivity contribution in [2.75, 3.05) is 0 Å². The van der Waals surface area contributed by atoms with Gasteiger partial charge in [-0.15, -0.1) is 0 Å². The summed E-state index contributed by atoms with van der Waals surface area (Å²) in [7, 11) is 0. The Morgan fingerprint density at radius 2 is 2.03 bits per heavy atom. The van der Waals surface area contributed by atoms with Crippen LogP contribution in [0.5, 0.6) is 0 Å². The SMILES string of the molecule is CCC1(OC(=O)C2C3CC4C(OC(=O)C42)C3OC(=O)C(C)(I)C23[B]I2[B]3)C[C@H]2CCC1C2. The first-order valence-electron chi connectivity index (χ1n) is 11.9. The molecule has 6 nitrogen and oxygen atoms in total. The first-order chi connectivity index (χ1) is 15.2. The van der Waals surface area contributed by atoms with Gasteiger partial charge in [-0.2, -0.15) is 0 Å². The zero-order chi connectivity index (χ0) is 22.2. The molecular weight excluding hydrogens is 636 g/mol. The van der Waals surface area contributed by atoms with Gasteiger partial charge in [0.1, 0.15) is 0 Å². The number of esters is 3. The Balaban J connectivity index is 1.13. The first kappa shape index (κ1) is 21.3. The molecule has 0 amide bonds. The summed E-state index contributed by atoms with van der Waals surface area (Å²) in [6.45, 7) is 4.07. The van der Waals surface area contributed by atoms with Crippen LogP contribution in [0.25, 0.3) is 0 Å². The van der Waals surface area contributed by atoms with Gasteiger partial charge in [0.15, 0.2) is 0 Å². The van der Waals surface area contributed by atoms with Crippen molar-refractivity contribution in [1.29, 1.82) is 0 Å². The van der Waals surface area contributed by atoms with Gasteiger partial charge in [-0.1, -0.05) is 0 Å². The summed E-state index contributed by atoms with van der Waals surface area (Å²) < 4.78 is 17.5.